The van der Waals surface area contributed by atoms with Gasteiger partial charge in [0.05, 0.1) is 12.2 Å². The second-order valence-corrected chi connectivity index (χ2v) is 5.19. The summed E-state index contributed by atoms with van der Waals surface area (Å²) in [5, 5.41) is 3.11. The molecule has 0 amide bonds. The molecule has 0 aliphatic heterocycles. The van der Waals surface area contributed by atoms with Crippen molar-refractivity contribution in [2.45, 2.75) is 32.1 Å². The van der Waals surface area contributed by atoms with E-state index in [1.165, 1.54) is 12.8 Å². The molecule has 0 bridgehead atoms. The molecule has 0 unspecified atom stereocenters. The molecule has 6 heteroatoms. The molecule has 1 heterocycles. The number of methoxy groups -OCH3 is 1. The van der Waals surface area contributed by atoms with Crippen molar-refractivity contribution in [1.82, 2.24) is 9.97 Å². The number of nitrogens with zero attached hydrogens (tertiary/aromatic N) is 2. The molecule has 1 aromatic rings. The lowest BCUT2D eigenvalue weighted by atomic mass is 10.3. The number of hydrogen-bond donors (Lipinski definition) is 1. The third-order valence-corrected chi connectivity index (χ3v) is 3.40. The molecule has 0 spiro atoms. The van der Waals surface area contributed by atoms with Crippen molar-refractivity contribution in [2.24, 2.45) is 0 Å². The van der Waals surface area contributed by atoms with E-state index in [2.05, 4.69) is 15.3 Å². The van der Waals surface area contributed by atoms with Crippen LogP contribution in [0.4, 0.5) is 5.82 Å². The maximum atomic E-state index is 5.76. The maximum Gasteiger partial charge on any atom is 0.221 e. The van der Waals surface area contributed by atoms with E-state index in [0.29, 0.717) is 31.6 Å². The minimum absolute atomic E-state index is 0.498. The van der Waals surface area contributed by atoms with E-state index in [-0.39, 0.29) is 0 Å². The summed E-state index contributed by atoms with van der Waals surface area (Å²) in [6.07, 6.45) is 3.25. The lowest BCUT2D eigenvalue weighted by Crippen LogP contribution is -2.12. The smallest absolute Gasteiger partial charge is 0.221 e. The highest BCUT2D eigenvalue weighted by atomic mass is 16.5. The van der Waals surface area contributed by atoms with Gasteiger partial charge in [0.2, 0.25) is 5.88 Å². The first-order chi connectivity index (χ1) is 10.3. The van der Waals surface area contributed by atoms with Gasteiger partial charge in [-0.3, -0.25) is 0 Å². The monoisotopic (exact) mass is 295 g/mol. The summed E-state index contributed by atoms with van der Waals surface area (Å²) in [6.45, 7) is 4.44. The minimum Gasteiger partial charge on any atom is -0.475 e. The number of ether oxygens (including phenoxy) is 3. The molecular weight excluding hydrogens is 270 g/mol. The lowest BCUT2D eigenvalue weighted by molar-refractivity contribution is 0.0793. The first-order valence-corrected chi connectivity index (χ1v) is 7.52. The summed E-state index contributed by atoms with van der Waals surface area (Å²) in [7, 11) is 3.56. The summed E-state index contributed by atoms with van der Waals surface area (Å²) in [5.74, 6) is 2.91. The second kappa shape index (κ2) is 8.14. The van der Waals surface area contributed by atoms with Crippen molar-refractivity contribution in [3.8, 4) is 5.88 Å². The fourth-order valence-corrected chi connectivity index (χ4v) is 2.03. The molecule has 1 saturated carbocycles. The van der Waals surface area contributed by atoms with Crippen LogP contribution < -0.4 is 10.1 Å². The molecule has 21 heavy (non-hydrogen) atoms. The summed E-state index contributed by atoms with van der Waals surface area (Å²) < 4.78 is 16.2. The van der Waals surface area contributed by atoms with Crippen LogP contribution in [-0.4, -0.2) is 50.6 Å². The van der Waals surface area contributed by atoms with Crippen LogP contribution in [0.1, 0.15) is 36.6 Å². The van der Waals surface area contributed by atoms with Crippen molar-refractivity contribution in [2.75, 3.05) is 45.9 Å². The lowest BCUT2D eigenvalue weighted by Gasteiger charge is -2.13. The van der Waals surface area contributed by atoms with Gasteiger partial charge in [-0.25, -0.2) is 4.98 Å². The zero-order valence-electron chi connectivity index (χ0n) is 13.1. The molecular formula is C15H25N3O3. The van der Waals surface area contributed by atoms with Crippen molar-refractivity contribution in [3.05, 3.63) is 11.4 Å². The molecule has 6 nitrogen and oxygen atoms in total. The van der Waals surface area contributed by atoms with E-state index < -0.39 is 0 Å². The van der Waals surface area contributed by atoms with Gasteiger partial charge in [-0.1, -0.05) is 0 Å². The Morgan fingerprint density at radius 2 is 1.95 bits per heavy atom. The number of aromatic nitrogens is 2. The van der Waals surface area contributed by atoms with Gasteiger partial charge in [-0.2, -0.15) is 4.98 Å². The van der Waals surface area contributed by atoms with Gasteiger partial charge in [0.1, 0.15) is 18.2 Å². The molecule has 0 radical (unpaired) electrons. The van der Waals surface area contributed by atoms with Crippen LogP contribution in [0.25, 0.3) is 0 Å². The number of anilines is 1. The van der Waals surface area contributed by atoms with E-state index in [1.54, 1.807) is 7.11 Å². The topological polar surface area (TPSA) is 65.5 Å². The van der Waals surface area contributed by atoms with E-state index >= 15 is 0 Å². The third kappa shape index (κ3) is 4.82. The van der Waals surface area contributed by atoms with Crippen LogP contribution in [0.3, 0.4) is 0 Å². The average Bonchev–Trinajstić information content (AvgIpc) is 3.32. The fraction of sp³-hybridized carbons (Fsp3) is 0.733. The highest BCUT2D eigenvalue weighted by Crippen LogP contribution is 2.39. The minimum atomic E-state index is 0.498. The standard InChI is InChI=1S/C15H25N3O3/c1-11-13(16-2)17-14(12-5-6-12)18-15(11)21-10-9-20-8-4-7-19-3/h12H,4-10H2,1-3H3,(H,16,17,18). The van der Waals surface area contributed by atoms with E-state index in [0.717, 1.165) is 30.2 Å². The van der Waals surface area contributed by atoms with Crippen molar-refractivity contribution in [3.63, 3.8) is 0 Å². The molecule has 0 saturated heterocycles. The van der Waals surface area contributed by atoms with Crippen LogP contribution in [0.15, 0.2) is 0 Å². The van der Waals surface area contributed by atoms with E-state index in [1.807, 2.05) is 14.0 Å². The van der Waals surface area contributed by atoms with Crippen LogP contribution in [0.2, 0.25) is 0 Å². The molecule has 0 atom stereocenters. The van der Waals surface area contributed by atoms with Gasteiger partial charge >= 0.3 is 0 Å². The normalized spacial score (nSPS) is 14.2. The molecule has 2 rings (SSSR count). The number of nitrogens with one attached hydrogen (secondary N) is 1. The molecule has 1 aromatic heterocycles. The van der Waals surface area contributed by atoms with Crippen molar-refractivity contribution in [1.29, 1.82) is 0 Å². The summed E-state index contributed by atoms with van der Waals surface area (Å²) in [4.78, 5) is 9.09. The first-order valence-electron chi connectivity index (χ1n) is 7.52. The molecule has 0 aromatic carbocycles. The van der Waals surface area contributed by atoms with Gasteiger partial charge < -0.3 is 19.5 Å². The Morgan fingerprint density at radius 1 is 1.14 bits per heavy atom. The Bertz CT molecular complexity index is 450. The maximum absolute atomic E-state index is 5.76. The van der Waals surface area contributed by atoms with Crippen LogP contribution in [-0.2, 0) is 9.47 Å². The number of hydrogen-bond acceptors (Lipinski definition) is 6. The van der Waals surface area contributed by atoms with Crippen molar-refractivity contribution < 1.29 is 14.2 Å². The molecule has 118 valence electrons. The Hall–Kier alpha value is -1.40. The highest BCUT2D eigenvalue weighted by Gasteiger charge is 2.28. The highest BCUT2D eigenvalue weighted by molar-refractivity contribution is 5.48. The van der Waals surface area contributed by atoms with Gasteiger partial charge in [-0.15, -0.1) is 0 Å². The predicted molar refractivity (Wildman–Crippen MR) is 81.1 cm³/mol. The molecule has 1 aliphatic carbocycles. The molecule has 1 N–H and O–H groups in total. The largest absolute Gasteiger partial charge is 0.475 e. The van der Waals surface area contributed by atoms with Crippen LogP contribution in [0, 0.1) is 6.92 Å². The Kier molecular flexibility index (Phi) is 6.20. The van der Waals surface area contributed by atoms with Crippen LogP contribution >= 0.6 is 0 Å². The molecule has 1 aliphatic rings. The van der Waals surface area contributed by atoms with E-state index in [4.69, 9.17) is 14.2 Å². The van der Waals surface area contributed by atoms with Gasteiger partial charge in [0.25, 0.3) is 0 Å². The fourth-order valence-electron chi connectivity index (χ4n) is 2.03. The second-order valence-electron chi connectivity index (χ2n) is 5.19. The SMILES string of the molecule is CNc1nc(C2CC2)nc(OCCOCCCOC)c1C. The summed E-state index contributed by atoms with van der Waals surface area (Å²) in [6, 6.07) is 0. The third-order valence-electron chi connectivity index (χ3n) is 3.40. The van der Waals surface area contributed by atoms with Gasteiger partial charge in [0.15, 0.2) is 0 Å². The Labute approximate surface area is 126 Å². The first kappa shape index (κ1) is 16.0. The Balaban J connectivity index is 1.82. The zero-order valence-corrected chi connectivity index (χ0v) is 13.1. The Morgan fingerprint density at radius 3 is 2.62 bits per heavy atom. The quantitative estimate of drug-likeness (QED) is 0.667. The summed E-state index contributed by atoms with van der Waals surface area (Å²) >= 11 is 0. The number of rotatable bonds is 10. The van der Waals surface area contributed by atoms with Gasteiger partial charge in [-0.05, 0) is 26.2 Å². The van der Waals surface area contributed by atoms with Crippen LogP contribution in [0.5, 0.6) is 5.88 Å². The predicted octanol–water partition coefficient (Wildman–Crippen LogP) is 2.14. The summed E-state index contributed by atoms with van der Waals surface area (Å²) in [5.41, 5.74) is 0.946. The van der Waals surface area contributed by atoms with E-state index in [9.17, 15) is 0 Å². The average molecular weight is 295 g/mol. The molecule has 1 fully saturated rings. The van der Waals surface area contributed by atoms with Crippen molar-refractivity contribution >= 4 is 5.82 Å². The zero-order chi connectivity index (χ0) is 15.1. The van der Waals surface area contributed by atoms with Gasteiger partial charge in [0, 0.05) is 33.3 Å².